The van der Waals surface area contributed by atoms with Gasteiger partial charge in [-0.15, -0.1) is 11.8 Å². The van der Waals surface area contributed by atoms with Gasteiger partial charge in [-0.25, -0.2) is 0 Å². The molecule has 2 N–H and O–H groups in total. The molecule has 100 valence electrons. The maximum Gasteiger partial charge on any atom is 0.0681 e. The highest BCUT2D eigenvalue weighted by Crippen LogP contribution is 2.25. The van der Waals surface area contributed by atoms with Gasteiger partial charge in [-0.1, -0.05) is 40.2 Å². The minimum absolute atomic E-state index is 0.0937. The molecule has 2 aromatic rings. The molecule has 0 fully saturated rings. The Bertz CT molecular complexity index is 542. The highest BCUT2D eigenvalue weighted by molar-refractivity contribution is 9.10. The highest BCUT2D eigenvalue weighted by Gasteiger charge is 1.99. The van der Waals surface area contributed by atoms with Crippen molar-refractivity contribution < 1.29 is 5.11 Å². The molecule has 0 heterocycles. The second kappa shape index (κ2) is 6.98. The standard InChI is InChI=1S/C15H16BrNOS/c1-19-15-7-13(16)6-14(8-15)17-9-11-2-4-12(10-18)5-3-11/h2-8,17-18H,9-10H2,1H3. The number of anilines is 1. The predicted octanol–water partition coefficient (Wildman–Crippen LogP) is 4.28. The molecule has 0 aliphatic carbocycles. The van der Waals surface area contributed by atoms with Crippen molar-refractivity contribution in [3.8, 4) is 0 Å². The molecule has 0 radical (unpaired) electrons. The number of aliphatic hydroxyl groups excluding tert-OH is 1. The molecule has 0 bridgehead atoms. The SMILES string of the molecule is CSc1cc(Br)cc(NCc2ccc(CO)cc2)c1. The van der Waals surface area contributed by atoms with E-state index in [1.54, 1.807) is 11.8 Å². The summed E-state index contributed by atoms with van der Waals surface area (Å²) in [6.45, 7) is 0.867. The summed E-state index contributed by atoms with van der Waals surface area (Å²) in [6.07, 6.45) is 2.07. The first kappa shape index (κ1) is 14.4. The largest absolute Gasteiger partial charge is 0.392 e. The maximum atomic E-state index is 9.00. The summed E-state index contributed by atoms with van der Waals surface area (Å²) in [5.41, 5.74) is 3.24. The van der Waals surface area contributed by atoms with E-state index in [0.29, 0.717) is 0 Å². The van der Waals surface area contributed by atoms with E-state index in [1.165, 1.54) is 10.5 Å². The van der Waals surface area contributed by atoms with E-state index >= 15 is 0 Å². The lowest BCUT2D eigenvalue weighted by Gasteiger charge is -2.09. The van der Waals surface area contributed by atoms with Gasteiger partial charge in [0.05, 0.1) is 6.61 Å². The zero-order valence-electron chi connectivity index (χ0n) is 10.7. The number of hydrogen-bond donors (Lipinski definition) is 2. The van der Waals surface area contributed by atoms with E-state index < -0.39 is 0 Å². The first-order valence-corrected chi connectivity index (χ1v) is 8.00. The van der Waals surface area contributed by atoms with Crippen molar-refractivity contribution in [3.05, 3.63) is 58.1 Å². The molecule has 0 saturated heterocycles. The minimum atomic E-state index is 0.0937. The van der Waals surface area contributed by atoms with Crippen molar-refractivity contribution in [1.29, 1.82) is 0 Å². The van der Waals surface area contributed by atoms with E-state index in [9.17, 15) is 0 Å². The smallest absolute Gasteiger partial charge is 0.0681 e. The van der Waals surface area contributed by atoms with Crippen molar-refractivity contribution >= 4 is 33.4 Å². The summed E-state index contributed by atoms with van der Waals surface area (Å²) in [5.74, 6) is 0. The number of hydrogen-bond acceptors (Lipinski definition) is 3. The zero-order valence-corrected chi connectivity index (χ0v) is 13.1. The molecule has 0 spiro atoms. The third-order valence-electron chi connectivity index (χ3n) is 2.81. The van der Waals surface area contributed by atoms with Crippen LogP contribution < -0.4 is 5.32 Å². The molecule has 4 heteroatoms. The fourth-order valence-corrected chi connectivity index (χ4v) is 2.88. The van der Waals surface area contributed by atoms with Gasteiger partial charge in [0, 0.05) is 21.6 Å². The van der Waals surface area contributed by atoms with Crippen molar-refractivity contribution in [1.82, 2.24) is 0 Å². The Kier molecular flexibility index (Phi) is 5.31. The van der Waals surface area contributed by atoms with Crippen LogP contribution in [0.4, 0.5) is 5.69 Å². The van der Waals surface area contributed by atoms with E-state index in [4.69, 9.17) is 5.11 Å². The van der Waals surface area contributed by atoms with Gasteiger partial charge in [-0.3, -0.25) is 0 Å². The fourth-order valence-electron chi connectivity index (χ4n) is 1.75. The van der Waals surface area contributed by atoms with Gasteiger partial charge in [0.25, 0.3) is 0 Å². The van der Waals surface area contributed by atoms with E-state index in [2.05, 4.69) is 45.7 Å². The molecular weight excluding hydrogens is 322 g/mol. The van der Waals surface area contributed by atoms with Crippen molar-refractivity contribution in [2.45, 2.75) is 18.0 Å². The van der Waals surface area contributed by atoms with Crippen LogP contribution in [0.5, 0.6) is 0 Å². The average Bonchev–Trinajstić information content (AvgIpc) is 2.45. The second-order valence-corrected chi connectivity index (χ2v) is 6.00. The lowest BCUT2D eigenvalue weighted by Crippen LogP contribution is -1.99. The van der Waals surface area contributed by atoms with Gasteiger partial charge in [0.1, 0.15) is 0 Å². The van der Waals surface area contributed by atoms with Crippen molar-refractivity contribution in [2.75, 3.05) is 11.6 Å². The Morgan fingerprint density at radius 1 is 1.11 bits per heavy atom. The monoisotopic (exact) mass is 337 g/mol. The molecular formula is C15H16BrNOS. The molecule has 19 heavy (non-hydrogen) atoms. The number of benzene rings is 2. The predicted molar refractivity (Wildman–Crippen MR) is 85.6 cm³/mol. The molecule has 0 amide bonds. The first-order valence-electron chi connectivity index (χ1n) is 5.98. The van der Waals surface area contributed by atoms with Crippen LogP contribution in [0.25, 0.3) is 0 Å². The summed E-state index contributed by atoms with van der Waals surface area (Å²) in [4.78, 5) is 1.23. The maximum absolute atomic E-state index is 9.00. The number of thioether (sulfide) groups is 1. The number of halogens is 1. The average molecular weight is 338 g/mol. The van der Waals surface area contributed by atoms with E-state index in [0.717, 1.165) is 22.3 Å². The Balaban J connectivity index is 2.03. The summed E-state index contributed by atoms with van der Waals surface area (Å²) in [5, 5.41) is 12.4. The molecule has 0 aromatic heterocycles. The van der Waals surface area contributed by atoms with Crippen molar-refractivity contribution in [3.63, 3.8) is 0 Å². The summed E-state index contributed by atoms with van der Waals surface area (Å²) >= 11 is 5.24. The minimum Gasteiger partial charge on any atom is -0.392 e. The summed E-state index contributed by atoms with van der Waals surface area (Å²) in [6, 6.07) is 14.3. The van der Waals surface area contributed by atoms with Gasteiger partial charge < -0.3 is 10.4 Å². The lowest BCUT2D eigenvalue weighted by atomic mass is 10.1. The second-order valence-electron chi connectivity index (χ2n) is 4.21. The molecule has 2 rings (SSSR count). The fraction of sp³-hybridized carbons (Fsp3) is 0.200. The molecule has 2 nitrogen and oxygen atoms in total. The van der Waals surface area contributed by atoms with Crippen LogP contribution in [0.3, 0.4) is 0 Å². The molecule has 0 atom stereocenters. The van der Waals surface area contributed by atoms with Crippen LogP contribution in [0, 0.1) is 0 Å². The third kappa shape index (κ3) is 4.27. The molecule has 0 aliphatic rings. The van der Waals surface area contributed by atoms with Crippen LogP contribution >= 0.6 is 27.7 Å². The van der Waals surface area contributed by atoms with E-state index in [1.807, 2.05) is 24.3 Å². The molecule has 0 aliphatic heterocycles. The number of rotatable bonds is 5. The van der Waals surface area contributed by atoms with Gasteiger partial charge in [0.15, 0.2) is 0 Å². The molecule has 0 saturated carbocycles. The van der Waals surface area contributed by atoms with Gasteiger partial charge >= 0.3 is 0 Å². The number of aliphatic hydroxyl groups is 1. The quantitative estimate of drug-likeness (QED) is 0.799. The first-order chi connectivity index (χ1) is 9.21. The molecule has 0 unspecified atom stereocenters. The van der Waals surface area contributed by atoms with Gasteiger partial charge in [-0.05, 0) is 35.6 Å². The molecule has 2 aromatic carbocycles. The Hall–Kier alpha value is -0.970. The van der Waals surface area contributed by atoms with E-state index in [-0.39, 0.29) is 6.61 Å². The Labute approximate surface area is 126 Å². The van der Waals surface area contributed by atoms with Crippen LogP contribution in [0.1, 0.15) is 11.1 Å². The van der Waals surface area contributed by atoms with Gasteiger partial charge in [-0.2, -0.15) is 0 Å². The Morgan fingerprint density at radius 2 is 1.79 bits per heavy atom. The lowest BCUT2D eigenvalue weighted by molar-refractivity contribution is 0.282. The number of nitrogens with one attached hydrogen (secondary N) is 1. The Morgan fingerprint density at radius 3 is 2.42 bits per heavy atom. The zero-order chi connectivity index (χ0) is 13.7. The van der Waals surface area contributed by atoms with Crippen LogP contribution in [0.2, 0.25) is 0 Å². The summed E-state index contributed by atoms with van der Waals surface area (Å²) < 4.78 is 1.08. The summed E-state index contributed by atoms with van der Waals surface area (Å²) in [7, 11) is 0. The van der Waals surface area contributed by atoms with Gasteiger partial charge in [0.2, 0.25) is 0 Å². The van der Waals surface area contributed by atoms with Crippen molar-refractivity contribution in [2.24, 2.45) is 0 Å². The highest BCUT2D eigenvalue weighted by atomic mass is 79.9. The van der Waals surface area contributed by atoms with Crippen LogP contribution in [-0.4, -0.2) is 11.4 Å². The normalized spacial score (nSPS) is 10.5. The van der Waals surface area contributed by atoms with Crippen LogP contribution in [0.15, 0.2) is 51.8 Å². The topological polar surface area (TPSA) is 32.3 Å². The third-order valence-corrected chi connectivity index (χ3v) is 3.97. The van der Waals surface area contributed by atoms with Crippen LogP contribution in [-0.2, 0) is 13.2 Å².